The summed E-state index contributed by atoms with van der Waals surface area (Å²) < 4.78 is 39.8. The van der Waals surface area contributed by atoms with Crippen LogP contribution in [0, 0.1) is 13.8 Å². The van der Waals surface area contributed by atoms with Crippen molar-refractivity contribution in [2.45, 2.75) is 26.9 Å². The second-order valence-corrected chi connectivity index (χ2v) is 6.71. The van der Waals surface area contributed by atoms with E-state index < -0.39 is 16.0 Å². The molecule has 0 unspecified atom stereocenters. The zero-order valence-corrected chi connectivity index (χ0v) is 13.4. The molecule has 0 aliphatic heterocycles. The maximum absolute atomic E-state index is 12.8. The Morgan fingerprint density at radius 1 is 1.27 bits per heavy atom. The number of nitrogens with zero attached hydrogens (tertiary/aromatic N) is 2. The lowest BCUT2D eigenvalue weighted by molar-refractivity contribution is 0.246. The quantitative estimate of drug-likeness (QED) is 0.732. The third kappa shape index (κ3) is 4.92. The molecule has 0 radical (unpaired) electrons. The molecule has 0 amide bonds. The number of hydrogen-bond acceptors (Lipinski definition) is 5. The monoisotopic (exact) mass is 326 g/mol. The van der Waals surface area contributed by atoms with Gasteiger partial charge in [-0.1, -0.05) is 6.07 Å². The first-order valence-corrected chi connectivity index (χ1v) is 8.48. The molecule has 0 aromatic carbocycles. The number of aryl methyl sites for hydroxylation is 2. The molecule has 0 spiro atoms. The summed E-state index contributed by atoms with van der Waals surface area (Å²) in [7, 11) is -4.50. The van der Waals surface area contributed by atoms with E-state index in [9.17, 15) is 12.3 Å². The van der Waals surface area contributed by atoms with Crippen molar-refractivity contribution in [2.75, 3.05) is 12.3 Å². The zero-order valence-electron chi connectivity index (χ0n) is 12.6. The topological polar surface area (TPSA) is 63.4 Å². The van der Waals surface area contributed by atoms with Crippen molar-refractivity contribution in [1.29, 1.82) is 0 Å². The molecule has 2 heterocycles. The Labute approximate surface area is 130 Å². The first-order valence-electron chi connectivity index (χ1n) is 6.93. The molecule has 5 nitrogen and oxygen atoms in total. The highest BCUT2D eigenvalue weighted by Gasteiger charge is 2.16. The van der Waals surface area contributed by atoms with E-state index >= 15 is 0 Å². The van der Waals surface area contributed by atoms with Gasteiger partial charge in [-0.2, -0.15) is 8.42 Å². The van der Waals surface area contributed by atoms with E-state index in [4.69, 9.17) is 4.42 Å². The standard InChI is InChI=1S/C15H19FN2O3S/c1-12-5-8-21-15(12)11-18(7-9-22(16,19)20)10-14-4-3-6-17-13(14)2/h3-6,8H,7,9-11H2,1-2H3. The normalized spacial score (nSPS) is 12.0. The van der Waals surface area contributed by atoms with Gasteiger partial charge in [-0.05, 0) is 37.1 Å². The van der Waals surface area contributed by atoms with Crippen LogP contribution in [0.2, 0.25) is 0 Å². The molecule has 0 bridgehead atoms. The summed E-state index contributed by atoms with van der Waals surface area (Å²) >= 11 is 0. The predicted molar refractivity (Wildman–Crippen MR) is 81.4 cm³/mol. The van der Waals surface area contributed by atoms with Crippen LogP contribution in [0.3, 0.4) is 0 Å². The van der Waals surface area contributed by atoms with E-state index in [1.807, 2.05) is 36.9 Å². The van der Waals surface area contributed by atoms with Crippen molar-refractivity contribution in [2.24, 2.45) is 0 Å². The fourth-order valence-electron chi connectivity index (χ4n) is 2.15. The minimum atomic E-state index is -4.50. The van der Waals surface area contributed by atoms with Gasteiger partial charge < -0.3 is 4.42 Å². The Bertz CT molecular complexity index is 728. The molecular weight excluding hydrogens is 307 g/mol. The molecule has 22 heavy (non-hydrogen) atoms. The molecule has 7 heteroatoms. The van der Waals surface area contributed by atoms with Gasteiger partial charge in [-0.3, -0.25) is 9.88 Å². The molecule has 0 saturated carbocycles. The Balaban J connectivity index is 2.14. The van der Waals surface area contributed by atoms with E-state index in [-0.39, 0.29) is 6.54 Å². The van der Waals surface area contributed by atoms with Crippen LogP contribution >= 0.6 is 0 Å². The summed E-state index contributed by atoms with van der Waals surface area (Å²) in [6, 6.07) is 5.59. The molecule has 0 aliphatic rings. The highest BCUT2D eigenvalue weighted by atomic mass is 32.3. The average Bonchev–Trinajstić information content (AvgIpc) is 2.83. The summed E-state index contributed by atoms with van der Waals surface area (Å²) in [5.74, 6) is 0.212. The van der Waals surface area contributed by atoms with Gasteiger partial charge in [0.2, 0.25) is 0 Å². The van der Waals surface area contributed by atoms with Crippen molar-refractivity contribution in [3.8, 4) is 0 Å². The second-order valence-electron chi connectivity index (χ2n) is 5.23. The van der Waals surface area contributed by atoms with Gasteiger partial charge in [0.15, 0.2) is 0 Å². The molecule has 120 valence electrons. The Morgan fingerprint density at radius 3 is 2.64 bits per heavy atom. The van der Waals surface area contributed by atoms with E-state index in [0.717, 1.165) is 22.6 Å². The summed E-state index contributed by atoms with van der Waals surface area (Å²) in [5.41, 5.74) is 2.82. The molecule has 0 atom stereocenters. The van der Waals surface area contributed by atoms with Crippen molar-refractivity contribution in [1.82, 2.24) is 9.88 Å². The highest BCUT2D eigenvalue weighted by Crippen LogP contribution is 2.15. The lowest BCUT2D eigenvalue weighted by Gasteiger charge is -2.21. The molecule has 0 N–H and O–H groups in total. The first kappa shape index (κ1) is 16.6. The van der Waals surface area contributed by atoms with Gasteiger partial charge in [0, 0.05) is 25.0 Å². The maximum atomic E-state index is 12.8. The van der Waals surface area contributed by atoms with E-state index in [1.54, 1.807) is 12.5 Å². The molecule has 0 fully saturated rings. The summed E-state index contributed by atoms with van der Waals surface area (Å²) in [6.07, 6.45) is 3.29. The van der Waals surface area contributed by atoms with Crippen LogP contribution in [0.25, 0.3) is 0 Å². The fourth-order valence-corrected chi connectivity index (χ4v) is 2.62. The summed E-state index contributed by atoms with van der Waals surface area (Å²) in [6.45, 7) is 4.79. The van der Waals surface area contributed by atoms with Crippen LogP contribution in [-0.4, -0.2) is 30.6 Å². The zero-order chi connectivity index (χ0) is 16.2. The van der Waals surface area contributed by atoms with Gasteiger partial charge in [0.1, 0.15) is 5.76 Å². The number of aromatic nitrogens is 1. The van der Waals surface area contributed by atoms with Crippen LogP contribution in [-0.2, 0) is 23.3 Å². The molecule has 2 aromatic heterocycles. The number of rotatable bonds is 7. The molecule has 2 aromatic rings. The van der Waals surface area contributed by atoms with Gasteiger partial charge in [0.25, 0.3) is 0 Å². The van der Waals surface area contributed by atoms with Crippen LogP contribution < -0.4 is 0 Å². The van der Waals surface area contributed by atoms with E-state index in [2.05, 4.69) is 4.98 Å². The Morgan fingerprint density at radius 2 is 2.05 bits per heavy atom. The number of pyridine rings is 1. The fraction of sp³-hybridized carbons (Fsp3) is 0.400. The first-order chi connectivity index (χ1) is 10.3. The molecule has 0 aliphatic carbocycles. The Kier molecular flexibility index (Phi) is 5.31. The number of furan rings is 1. The number of hydrogen-bond donors (Lipinski definition) is 0. The minimum absolute atomic E-state index is 0.0906. The summed E-state index contributed by atoms with van der Waals surface area (Å²) in [4.78, 5) is 6.05. The highest BCUT2D eigenvalue weighted by molar-refractivity contribution is 7.86. The van der Waals surface area contributed by atoms with Crippen LogP contribution in [0.15, 0.2) is 35.1 Å². The van der Waals surface area contributed by atoms with Crippen LogP contribution in [0.4, 0.5) is 3.89 Å². The van der Waals surface area contributed by atoms with Crippen molar-refractivity contribution < 1.29 is 16.7 Å². The second kappa shape index (κ2) is 7.02. The average molecular weight is 326 g/mol. The van der Waals surface area contributed by atoms with Gasteiger partial charge in [-0.25, -0.2) is 0 Å². The predicted octanol–water partition coefficient (Wildman–Crippen LogP) is 2.59. The van der Waals surface area contributed by atoms with Crippen LogP contribution in [0.5, 0.6) is 0 Å². The maximum Gasteiger partial charge on any atom is 0.303 e. The third-order valence-corrected chi connectivity index (χ3v) is 4.17. The van der Waals surface area contributed by atoms with Gasteiger partial charge >= 0.3 is 10.2 Å². The van der Waals surface area contributed by atoms with Gasteiger partial charge in [-0.15, -0.1) is 3.89 Å². The Hall–Kier alpha value is -1.73. The van der Waals surface area contributed by atoms with Crippen molar-refractivity contribution in [3.63, 3.8) is 0 Å². The largest absolute Gasteiger partial charge is 0.468 e. The van der Waals surface area contributed by atoms with E-state index in [1.165, 1.54) is 0 Å². The van der Waals surface area contributed by atoms with Crippen molar-refractivity contribution in [3.05, 3.63) is 53.2 Å². The molecule has 0 saturated heterocycles. The minimum Gasteiger partial charge on any atom is -0.468 e. The third-order valence-electron chi connectivity index (χ3n) is 3.50. The van der Waals surface area contributed by atoms with E-state index in [0.29, 0.717) is 13.1 Å². The SMILES string of the molecule is Cc1ccoc1CN(CCS(=O)(=O)F)Cc1cccnc1C. The van der Waals surface area contributed by atoms with Gasteiger partial charge in [0.05, 0.1) is 18.6 Å². The molecular formula is C15H19FN2O3S. The lowest BCUT2D eigenvalue weighted by atomic mass is 10.2. The smallest absolute Gasteiger partial charge is 0.303 e. The number of halogens is 1. The molecule has 2 rings (SSSR count). The summed E-state index contributed by atoms with van der Waals surface area (Å²) in [5, 5.41) is 0. The van der Waals surface area contributed by atoms with Crippen LogP contribution in [0.1, 0.15) is 22.6 Å². The lowest BCUT2D eigenvalue weighted by Crippen LogP contribution is -2.28. The van der Waals surface area contributed by atoms with Crippen molar-refractivity contribution >= 4 is 10.2 Å².